The fourth-order valence-corrected chi connectivity index (χ4v) is 3.86. The van der Waals surface area contributed by atoms with Crippen LogP contribution in [0, 0.1) is 0 Å². The lowest BCUT2D eigenvalue weighted by atomic mass is 10.3. The van der Waals surface area contributed by atoms with Crippen molar-refractivity contribution in [2.75, 3.05) is 11.5 Å². The van der Waals surface area contributed by atoms with E-state index in [1.54, 1.807) is 6.92 Å². The van der Waals surface area contributed by atoms with Gasteiger partial charge in [0.25, 0.3) is 0 Å². The second kappa shape index (κ2) is 3.20. The largest absolute Gasteiger partial charge is 0.375 e. The maximum absolute atomic E-state index is 11.7. The van der Waals surface area contributed by atoms with E-state index in [0.717, 1.165) is 24.2 Å². The van der Waals surface area contributed by atoms with Gasteiger partial charge >= 0.3 is 0 Å². The summed E-state index contributed by atoms with van der Waals surface area (Å²) >= 11 is 1.09. The van der Waals surface area contributed by atoms with Gasteiger partial charge in [0.05, 0.1) is 11.4 Å². The number of nitrogens with two attached hydrogens (primary N) is 1. The lowest BCUT2D eigenvalue weighted by molar-refractivity contribution is 0.598. The van der Waals surface area contributed by atoms with Gasteiger partial charge in [0.1, 0.15) is 4.21 Å². The molecular formula is C8H12N2O2S2. The summed E-state index contributed by atoms with van der Waals surface area (Å²) in [6.45, 7) is 1.64. The van der Waals surface area contributed by atoms with E-state index in [2.05, 4.69) is 4.98 Å². The maximum Gasteiger partial charge on any atom is 0.189 e. The molecule has 1 fully saturated rings. The van der Waals surface area contributed by atoms with Gasteiger partial charge in [0.2, 0.25) is 0 Å². The summed E-state index contributed by atoms with van der Waals surface area (Å²) in [5, 5.41) is 0.360. The van der Waals surface area contributed by atoms with Crippen LogP contribution < -0.4 is 5.73 Å². The minimum absolute atomic E-state index is 0.119. The highest BCUT2D eigenvalue weighted by atomic mass is 32.2. The first-order valence-electron chi connectivity index (χ1n) is 4.53. The monoisotopic (exact) mass is 232 g/mol. The quantitative estimate of drug-likeness (QED) is 0.854. The second-order valence-electron chi connectivity index (χ2n) is 3.40. The number of nitrogen functional groups attached to an aromatic ring is 1. The predicted molar refractivity (Wildman–Crippen MR) is 56.2 cm³/mol. The number of sulfone groups is 1. The van der Waals surface area contributed by atoms with Gasteiger partial charge in [-0.15, -0.1) is 0 Å². The third-order valence-corrected chi connectivity index (χ3v) is 5.50. The zero-order valence-corrected chi connectivity index (χ0v) is 9.49. The molecule has 1 aromatic heterocycles. The Morgan fingerprint density at radius 3 is 2.71 bits per heavy atom. The molecule has 0 atom stereocenters. The summed E-state index contributed by atoms with van der Waals surface area (Å²) in [4.78, 5) is 4.10. The van der Waals surface area contributed by atoms with Crippen molar-refractivity contribution in [3.8, 4) is 0 Å². The lowest BCUT2D eigenvalue weighted by Crippen LogP contribution is -2.04. The number of anilines is 1. The number of thiazole rings is 1. The molecule has 6 heteroatoms. The Hall–Kier alpha value is -0.620. The Bertz CT molecular complexity index is 446. The summed E-state index contributed by atoms with van der Waals surface area (Å²) < 4.78 is 23.8. The Labute approximate surface area is 87.1 Å². The van der Waals surface area contributed by atoms with Gasteiger partial charge in [-0.1, -0.05) is 18.3 Å². The van der Waals surface area contributed by atoms with E-state index < -0.39 is 9.84 Å². The third kappa shape index (κ3) is 1.64. The first kappa shape index (κ1) is 9.92. The molecule has 78 valence electrons. The lowest BCUT2D eigenvalue weighted by Gasteiger charge is -1.98. The van der Waals surface area contributed by atoms with E-state index in [1.807, 2.05) is 0 Å². The molecule has 1 saturated carbocycles. The van der Waals surface area contributed by atoms with E-state index in [9.17, 15) is 8.42 Å². The molecule has 0 spiro atoms. The van der Waals surface area contributed by atoms with Crippen molar-refractivity contribution in [1.29, 1.82) is 0 Å². The topological polar surface area (TPSA) is 73.0 Å². The maximum atomic E-state index is 11.7. The second-order valence-corrected chi connectivity index (χ2v) is 6.91. The molecule has 1 aliphatic rings. The number of rotatable bonds is 3. The van der Waals surface area contributed by atoms with Crippen LogP contribution in [-0.2, 0) is 9.84 Å². The van der Waals surface area contributed by atoms with Gasteiger partial charge in [-0.3, -0.25) is 0 Å². The zero-order valence-electron chi connectivity index (χ0n) is 7.86. The van der Waals surface area contributed by atoms with Crippen molar-refractivity contribution in [3.05, 3.63) is 5.69 Å². The standard InChI is InChI=1S/C8H12N2O2S2/c1-2-14(11,12)7-6(5-3-4-5)10-8(9)13-7/h5H,2-4H2,1H3,(H2,9,10). The third-order valence-electron chi connectivity index (χ3n) is 2.26. The first-order valence-corrected chi connectivity index (χ1v) is 7.00. The molecule has 14 heavy (non-hydrogen) atoms. The van der Waals surface area contributed by atoms with Crippen molar-refractivity contribution < 1.29 is 8.42 Å². The molecule has 1 aliphatic carbocycles. The molecule has 0 aliphatic heterocycles. The molecule has 2 N–H and O–H groups in total. The molecule has 4 nitrogen and oxygen atoms in total. The fraction of sp³-hybridized carbons (Fsp3) is 0.625. The highest BCUT2D eigenvalue weighted by molar-refractivity contribution is 7.93. The summed E-state index contributed by atoms with van der Waals surface area (Å²) in [5.74, 6) is 0.453. The van der Waals surface area contributed by atoms with Crippen LogP contribution in [0.15, 0.2) is 4.21 Å². The average molecular weight is 232 g/mol. The highest BCUT2D eigenvalue weighted by Gasteiger charge is 2.33. The molecule has 2 rings (SSSR count). The fourth-order valence-electron chi connectivity index (χ4n) is 1.30. The van der Waals surface area contributed by atoms with Gasteiger partial charge in [-0.05, 0) is 12.8 Å². The van der Waals surface area contributed by atoms with E-state index in [-0.39, 0.29) is 5.75 Å². The van der Waals surface area contributed by atoms with Gasteiger partial charge in [0.15, 0.2) is 15.0 Å². The van der Waals surface area contributed by atoms with Crippen LogP contribution in [0.3, 0.4) is 0 Å². The number of hydrogen-bond acceptors (Lipinski definition) is 5. The summed E-state index contributed by atoms with van der Waals surface area (Å²) in [6.07, 6.45) is 2.07. The Morgan fingerprint density at radius 2 is 2.21 bits per heavy atom. The number of hydrogen-bond donors (Lipinski definition) is 1. The summed E-state index contributed by atoms with van der Waals surface area (Å²) in [7, 11) is -3.14. The first-order chi connectivity index (χ1) is 6.54. The molecule has 0 aromatic carbocycles. The van der Waals surface area contributed by atoms with Crippen molar-refractivity contribution >= 4 is 26.3 Å². The highest BCUT2D eigenvalue weighted by Crippen LogP contribution is 2.44. The molecular weight excluding hydrogens is 220 g/mol. The van der Waals surface area contributed by atoms with Gasteiger partial charge < -0.3 is 5.73 Å². The van der Waals surface area contributed by atoms with Crippen LogP contribution in [0.4, 0.5) is 5.13 Å². The predicted octanol–water partition coefficient (Wildman–Crippen LogP) is 1.40. The summed E-state index contributed by atoms with van der Waals surface area (Å²) in [5.41, 5.74) is 6.24. The van der Waals surface area contributed by atoms with Gasteiger partial charge in [-0.2, -0.15) is 0 Å². The van der Waals surface area contributed by atoms with Gasteiger partial charge in [0, 0.05) is 5.92 Å². The summed E-state index contributed by atoms with van der Waals surface area (Å²) in [6, 6.07) is 0. The SMILES string of the molecule is CCS(=O)(=O)c1sc(N)nc1C1CC1. The van der Waals surface area contributed by atoms with Gasteiger partial charge in [-0.25, -0.2) is 13.4 Å². The molecule has 0 saturated heterocycles. The van der Waals surface area contributed by atoms with Crippen molar-refractivity contribution in [2.45, 2.75) is 29.9 Å². The average Bonchev–Trinajstić information content (AvgIpc) is 2.90. The molecule has 0 radical (unpaired) electrons. The van der Waals surface area contributed by atoms with Crippen LogP contribution in [0.5, 0.6) is 0 Å². The van der Waals surface area contributed by atoms with E-state index in [1.165, 1.54) is 0 Å². The molecule has 1 aromatic rings. The number of aromatic nitrogens is 1. The molecule has 1 heterocycles. The minimum Gasteiger partial charge on any atom is -0.375 e. The Kier molecular flexibility index (Phi) is 2.27. The normalized spacial score (nSPS) is 17.2. The van der Waals surface area contributed by atoms with Crippen molar-refractivity contribution in [3.63, 3.8) is 0 Å². The van der Waals surface area contributed by atoms with Crippen LogP contribution in [0.25, 0.3) is 0 Å². The zero-order chi connectivity index (χ0) is 10.3. The van der Waals surface area contributed by atoms with Crippen molar-refractivity contribution in [1.82, 2.24) is 4.98 Å². The van der Waals surface area contributed by atoms with Crippen LogP contribution in [0.2, 0.25) is 0 Å². The number of nitrogens with zero attached hydrogens (tertiary/aromatic N) is 1. The van der Waals surface area contributed by atoms with Crippen molar-refractivity contribution in [2.24, 2.45) is 0 Å². The molecule has 0 bridgehead atoms. The van der Waals surface area contributed by atoms with Crippen LogP contribution >= 0.6 is 11.3 Å². The minimum atomic E-state index is -3.14. The van der Waals surface area contributed by atoms with E-state index in [0.29, 0.717) is 21.0 Å². The Balaban J connectivity index is 2.51. The van der Waals surface area contributed by atoms with E-state index in [4.69, 9.17) is 5.73 Å². The van der Waals surface area contributed by atoms with Crippen LogP contribution in [0.1, 0.15) is 31.4 Å². The van der Waals surface area contributed by atoms with Crippen LogP contribution in [-0.4, -0.2) is 19.2 Å². The smallest absolute Gasteiger partial charge is 0.189 e. The molecule has 0 amide bonds. The molecule has 0 unspecified atom stereocenters. The van der Waals surface area contributed by atoms with E-state index >= 15 is 0 Å². The Morgan fingerprint density at radius 1 is 1.57 bits per heavy atom.